The molecule has 5 heteroatoms. The number of benzene rings is 1. The van der Waals surface area contributed by atoms with Gasteiger partial charge in [0.05, 0.1) is 13.0 Å². The number of carbonyl (C=O) groups is 1. The predicted molar refractivity (Wildman–Crippen MR) is 107 cm³/mol. The van der Waals surface area contributed by atoms with Crippen LogP contribution in [0.5, 0.6) is 11.5 Å². The van der Waals surface area contributed by atoms with Crippen LogP contribution in [0.1, 0.15) is 43.2 Å². The molecule has 1 amide bonds. The van der Waals surface area contributed by atoms with E-state index in [1.807, 2.05) is 30.3 Å². The molecule has 0 N–H and O–H groups in total. The molecule has 1 aromatic carbocycles. The third-order valence-electron chi connectivity index (χ3n) is 5.93. The molecule has 0 saturated heterocycles. The van der Waals surface area contributed by atoms with E-state index in [1.165, 1.54) is 19.3 Å². The topological polar surface area (TPSA) is 51.7 Å². The van der Waals surface area contributed by atoms with Crippen LogP contribution in [-0.2, 0) is 17.8 Å². The summed E-state index contributed by atoms with van der Waals surface area (Å²) in [6.07, 6.45) is 10.1. The zero-order valence-corrected chi connectivity index (χ0v) is 16.5. The normalized spacial score (nSPS) is 19.4. The van der Waals surface area contributed by atoms with Gasteiger partial charge >= 0.3 is 0 Å². The molecule has 0 bridgehead atoms. The van der Waals surface area contributed by atoms with Crippen LogP contribution in [0.4, 0.5) is 0 Å². The molecular weight excluding hydrogens is 352 g/mol. The van der Waals surface area contributed by atoms with E-state index in [1.54, 1.807) is 19.5 Å². The van der Waals surface area contributed by atoms with Crippen LogP contribution >= 0.6 is 0 Å². The van der Waals surface area contributed by atoms with Crippen LogP contribution in [0.15, 0.2) is 42.7 Å². The van der Waals surface area contributed by atoms with E-state index in [4.69, 9.17) is 9.47 Å². The molecule has 1 fully saturated rings. The van der Waals surface area contributed by atoms with Gasteiger partial charge in [0.15, 0.2) is 11.5 Å². The third kappa shape index (κ3) is 3.98. The van der Waals surface area contributed by atoms with Crippen molar-refractivity contribution in [1.82, 2.24) is 9.88 Å². The van der Waals surface area contributed by atoms with Gasteiger partial charge in [0.1, 0.15) is 6.61 Å². The van der Waals surface area contributed by atoms with Crippen molar-refractivity contribution < 1.29 is 14.3 Å². The summed E-state index contributed by atoms with van der Waals surface area (Å²) in [7, 11) is 1.65. The molecule has 1 saturated carbocycles. The first-order chi connectivity index (χ1) is 13.8. The lowest BCUT2D eigenvalue weighted by molar-refractivity contribution is -0.140. The third-order valence-corrected chi connectivity index (χ3v) is 5.93. The average molecular weight is 380 g/mol. The summed E-state index contributed by atoms with van der Waals surface area (Å²) in [5.41, 5.74) is 2.18. The van der Waals surface area contributed by atoms with Crippen molar-refractivity contribution in [3.63, 3.8) is 0 Å². The van der Waals surface area contributed by atoms with Crippen LogP contribution in [0.2, 0.25) is 0 Å². The Kier molecular flexibility index (Phi) is 5.79. The van der Waals surface area contributed by atoms with Gasteiger partial charge in [-0.05, 0) is 48.6 Å². The quantitative estimate of drug-likeness (QED) is 0.787. The van der Waals surface area contributed by atoms with Crippen molar-refractivity contribution in [3.05, 3.63) is 53.9 Å². The molecule has 148 valence electrons. The first-order valence-electron chi connectivity index (χ1n) is 10.2. The average Bonchev–Trinajstić information content (AvgIpc) is 2.77. The van der Waals surface area contributed by atoms with Gasteiger partial charge in [-0.25, -0.2) is 0 Å². The number of hydrogen-bond acceptors (Lipinski definition) is 4. The molecule has 1 aliphatic heterocycles. The molecule has 4 rings (SSSR count). The summed E-state index contributed by atoms with van der Waals surface area (Å²) in [5, 5.41) is 0. The minimum atomic E-state index is -0.150. The number of hydrogen-bond donors (Lipinski definition) is 0. The Morgan fingerprint density at radius 3 is 2.71 bits per heavy atom. The molecule has 2 heterocycles. The van der Waals surface area contributed by atoms with E-state index in [-0.39, 0.29) is 11.8 Å². The number of pyridine rings is 1. The van der Waals surface area contributed by atoms with Gasteiger partial charge in [0.25, 0.3) is 0 Å². The first kappa shape index (κ1) is 18.8. The molecule has 0 radical (unpaired) electrons. The molecule has 2 aliphatic rings. The summed E-state index contributed by atoms with van der Waals surface area (Å²) >= 11 is 0. The number of carbonyl (C=O) groups excluding carboxylic acids is 1. The molecule has 1 atom stereocenters. The van der Waals surface area contributed by atoms with E-state index in [9.17, 15) is 4.79 Å². The highest BCUT2D eigenvalue weighted by atomic mass is 16.5. The molecule has 28 heavy (non-hydrogen) atoms. The smallest absolute Gasteiger partial charge is 0.230 e. The second kappa shape index (κ2) is 8.63. The Balaban J connectivity index is 1.54. The van der Waals surface area contributed by atoms with Gasteiger partial charge in [-0.1, -0.05) is 31.4 Å². The fourth-order valence-electron chi connectivity index (χ4n) is 4.41. The fourth-order valence-corrected chi connectivity index (χ4v) is 4.41. The number of amides is 1. The van der Waals surface area contributed by atoms with Gasteiger partial charge in [0, 0.05) is 25.0 Å². The summed E-state index contributed by atoms with van der Waals surface area (Å²) in [4.78, 5) is 19.8. The number of methoxy groups -OCH3 is 1. The lowest BCUT2D eigenvalue weighted by Gasteiger charge is -2.38. The van der Waals surface area contributed by atoms with Crippen LogP contribution in [0.25, 0.3) is 0 Å². The summed E-state index contributed by atoms with van der Waals surface area (Å²) in [6.45, 7) is 1.05. The van der Waals surface area contributed by atoms with Gasteiger partial charge in [-0.2, -0.15) is 0 Å². The van der Waals surface area contributed by atoms with Crippen molar-refractivity contribution in [3.8, 4) is 11.5 Å². The fraction of sp³-hybridized carbons (Fsp3) is 0.478. The highest BCUT2D eigenvalue weighted by Crippen LogP contribution is 2.37. The van der Waals surface area contributed by atoms with E-state index in [0.29, 0.717) is 25.6 Å². The number of rotatable bonds is 5. The maximum absolute atomic E-state index is 13.6. The Morgan fingerprint density at radius 2 is 1.96 bits per heavy atom. The van der Waals surface area contributed by atoms with Crippen LogP contribution in [-0.4, -0.2) is 35.5 Å². The number of fused-ring (bicyclic) bond motifs is 1. The highest BCUT2D eigenvalue weighted by molar-refractivity contribution is 5.80. The predicted octanol–water partition coefficient (Wildman–Crippen LogP) is 4.00. The number of nitrogens with zero attached hydrogens (tertiary/aromatic N) is 2. The maximum atomic E-state index is 13.6. The SMILES string of the molecule is COc1cccc2c1OCC(C(=O)N(Cc1ccncc1)C1CCCCC1)C2. The van der Waals surface area contributed by atoms with E-state index in [2.05, 4.69) is 9.88 Å². The van der Waals surface area contributed by atoms with Crippen LogP contribution < -0.4 is 9.47 Å². The molecule has 1 aliphatic carbocycles. The summed E-state index contributed by atoms with van der Waals surface area (Å²) in [6, 6.07) is 10.2. The van der Waals surface area contributed by atoms with E-state index in [0.717, 1.165) is 35.5 Å². The molecule has 1 unspecified atom stereocenters. The Bertz CT molecular complexity index is 803. The molecule has 0 spiro atoms. The van der Waals surface area contributed by atoms with Crippen molar-refractivity contribution >= 4 is 5.91 Å². The van der Waals surface area contributed by atoms with Gasteiger partial charge in [0.2, 0.25) is 5.91 Å². The van der Waals surface area contributed by atoms with Crippen LogP contribution in [0.3, 0.4) is 0 Å². The second-order valence-corrected chi connectivity index (χ2v) is 7.77. The molecular formula is C23H28N2O3. The van der Waals surface area contributed by atoms with Crippen molar-refractivity contribution in [2.45, 2.75) is 51.1 Å². The molecule has 1 aromatic heterocycles. The zero-order valence-electron chi connectivity index (χ0n) is 16.5. The van der Waals surface area contributed by atoms with Gasteiger partial charge in [-0.3, -0.25) is 9.78 Å². The van der Waals surface area contributed by atoms with E-state index >= 15 is 0 Å². The second-order valence-electron chi connectivity index (χ2n) is 7.77. The minimum absolute atomic E-state index is 0.150. The summed E-state index contributed by atoms with van der Waals surface area (Å²) < 4.78 is 11.4. The molecule has 5 nitrogen and oxygen atoms in total. The lowest BCUT2D eigenvalue weighted by Crippen LogP contribution is -2.46. The maximum Gasteiger partial charge on any atom is 0.230 e. The number of para-hydroxylation sites is 1. The summed E-state index contributed by atoms with van der Waals surface area (Å²) in [5.74, 6) is 1.58. The van der Waals surface area contributed by atoms with Crippen LogP contribution in [0, 0.1) is 5.92 Å². The number of ether oxygens (including phenoxy) is 2. The highest BCUT2D eigenvalue weighted by Gasteiger charge is 2.34. The van der Waals surface area contributed by atoms with Crippen molar-refractivity contribution in [1.29, 1.82) is 0 Å². The monoisotopic (exact) mass is 380 g/mol. The lowest BCUT2D eigenvalue weighted by atomic mass is 9.90. The van der Waals surface area contributed by atoms with Gasteiger partial charge in [-0.15, -0.1) is 0 Å². The Hall–Kier alpha value is -2.56. The molecule has 2 aromatic rings. The Morgan fingerprint density at radius 1 is 1.18 bits per heavy atom. The first-order valence-corrected chi connectivity index (χ1v) is 10.2. The largest absolute Gasteiger partial charge is 0.493 e. The van der Waals surface area contributed by atoms with Crippen molar-refractivity contribution in [2.75, 3.05) is 13.7 Å². The number of aromatic nitrogens is 1. The Labute approximate surface area is 166 Å². The minimum Gasteiger partial charge on any atom is -0.493 e. The van der Waals surface area contributed by atoms with E-state index < -0.39 is 0 Å². The zero-order chi connectivity index (χ0) is 19.3. The standard InChI is InChI=1S/C23H28N2O3/c1-27-21-9-5-6-18-14-19(16-28-22(18)21)23(26)25(20-7-3-2-4-8-20)15-17-10-12-24-13-11-17/h5-6,9-13,19-20H,2-4,7-8,14-16H2,1H3. The van der Waals surface area contributed by atoms with Crippen molar-refractivity contribution in [2.24, 2.45) is 5.92 Å². The van der Waals surface area contributed by atoms with Gasteiger partial charge < -0.3 is 14.4 Å².